The highest BCUT2D eigenvalue weighted by molar-refractivity contribution is 7.89. The first-order valence-corrected chi connectivity index (χ1v) is 10.7. The SMILES string of the molecule is C[C@@H](Oc1ccc(C(N)=O)cc1)C(=O)Nc1ccc(S(=O)(=O)N2CCCC2)cc1. The van der Waals surface area contributed by atoms with Crippen molar-refractivity contribution in [3.63, 3.8) is 0 Å². The summed E-state index contributed by atoms with van der Waals surface area (Å²) in [6, 6.07) is 12.2. The van der Waals surface area contributed by atoms with Gasteiger partial charge in [-0.15, -0.1) is 0 Å². The molecule has 9 heteroatoms. The molecule has 154 valence electrons. The Kier molecular flexibility index (Phi) is 6.19. The van der Waals surface area contributed by atoms with Crippen molar-refractivity contribution in [2.75, 3.05) is 18.4 Å². The molecule has 3 rings (SSSR count). The number of carbonyl (C=O) groups is 2. The lowest BCUT2D eigenvalue weighted by molar-refractivity contribution is -0.122. The summed E-state index contributed by atoms with van der Waals surface area (Å²) < 4.78 is 32.1. The first-order chi connectivity index (χ1) is 13.8. The number of nitrogens with one attached hydrogen (secondary N) is 1. The molecule has 3 N–H and O–H groups in total. The summed E-state index contributed by atoms with van der Waals surface area (Å²) in [6.07, 6.45) is 0.940. The van der Waals surface area contributed by atoms with E-state index in [1.165, 1.54) is 28.6 Å². The van der Waals surface area contributed by atoms with E-state index in [1.54, 1.807) is 31.2 Å². The molecule has 0 saturated carbocycles. The number of amides is 2. The van der Waals surface area contributed by atoms with Gasteiger partial charge in [0.05, 0.1) is 4.90 Å². The van der Waals surface area contributed by atoms with Crippen molar-refractivity contribution in [3.05, 3.63) is 54.1 Å². The van der Waals surface area contributed by atoms with Gasteiger partial charge in [-0.05, 0) is 68.3 Å². The highest BCUT2D eigenvalue weighted by Crippen LogP contribution is 2.22. The lowest BCUT2D eigenvalue weighted by atomic mass is 10.2. The molecule has 8 nitrogen and oxygen atoms in total. The van der Waals surface area contributed by atoms with Crippen LogP contribution in [0.4, 0.5) is 5.69 Å². The maximum Gasteiger partial charge on any atom is 0.265 e. The summed E-state index contributed by atoms with van der Waals surface area (Å²) >= 11 is 0. The third-order valence-corrected chi connectivity index (χ3v) is 6.56. The molecule has 0 bridgehead atoms. The Hall–Kier alpha value is -2.91. The van der Waals surface area contributed by atoms with Crippen LogP contribution in [0.25, 0.3) is 0 Å². The van der Waals surface area contributed by atoms with E-state index < -0.39 is 22.0 Å². The van der Waals surface area contributed by atoms with Gasteiger partial charge in [0, 0.05) is 24.3 Å². The summed E-state index contributed by atoms with van der Waals surface area (Å²) in [4.78, 5) is 23.6. The quantitative estimate of drug-likeness (QED) is 0.714. The number of hydrogen-bond donors (Lipinski definition) is 2. The second kappa shape index (κ2) is 8.62. The minimum absolute atomic E-state index is 0.205. The van der Waals surface area contributed by atoms with Gasteiger partial charge in [-0.25, -0.2) is 8.42 Å². The van der Waals surface area contributed by atoms with Gasteiger partial charge in [0.1, 0.15) is 5.75 Å². The summed E-state index contributed by atoms with van der Waals surface area (Å²) in [5.41, 5.74) is 6.00. The molecule has 2 amide bonds. The van der Waals surface area contributed by atoms with Crippen LogP contribution < -0.4 is 15.8 Å². The Bertz CT molecular complexity index is 982. The first kappa shape index (κ1) is 20.8. The Balaban J connectivity index is 1.60. The van der Waals surface area contributed by atoms with E-state index in [1.807, 2.05) is 0 Å². The van der Waals surface area contributed by atoms with Crippen molar-refractivity contribution in [2.24, 2.45) is 5.73 Å². The fraction of sp³-hybridized carbons (Fsp3) is 0.300. The van der Waals surface area contributed by atoms with Crippen LogP contribution in [0.3, 0.4) is 0 Å². The third kappa shape index (κ3) is 4.93. The zero-order chi connectivity index (χ0) is 21.0. The number of primary amides is 1. The number of sulfonamides is 1. The van der Waals surface area contributed by atoms with Crippen LogP contribution in [0, 0.1) is 0 Å². The Morgan fingerprint density at radius 1 is 1.03 bits per heavy atom. The molecule has 2 aromatic rings. The van der Waals surface area contributed by atoms with Crippen molar-refractivity contribution in [3.8, 4) is 5.75 Å². The normalized spacial score (nSPS) is 15.6. The fourth-order valence-corrected chi connectivity index (χ4v) is 4.50. The van der Waals surface area contributed by atoms with Gasteiger partial charge in [0.15, 0.2) is 6.10 Å². The van der Waals surface area contributed by atoms with Crippen molar-refractivity contribution >= 4 is 27.5 Å². The molecule has 1 heterocycles. The van der Waals surface area contributed by atoms with Crippen LogP contribution >= 0.6 is 0 Å². The van der Waals surface area contributed by atoms with E-state index in [0.29, 0.717) is 30.1 Å². The Morgan fingerprint density at radius 3 is 2.17 bits per heavy atom. The Labute approximate surface area is 169 Å². The van der Waals surface area contributed by atoms with Gasteiger partial charge in [0.25, 0.3) is 5.91 Å². The summed E-state index contributed by atoms with van der Waals surface area (Å²) in [5.74, 6) is -0.513. The first-order valence-electron chi connectivity index (χ1n) is 9.25. The van der Waals surface area contributed by atoms with Crippen LogP contribution in [0.2, 0.25) is 0 Å². The summed E-state index contributed by atoms with van der Waals surface area (Å²) in [7, 11) is -3.49. The topological polar surface area (TPSA) is 119 Å². The monoisotopic (exact) mass is 417 g/mol. The second-order valence-electron chi connectivity index (χ2n) is 6.77. The number of benzene rings is 2. The molecular formula is C20H23N3O5S. The maximum absolute atomic E-state index is 12.5. The average Bonchev–Trinajstić information content (AvgIpc) is 3.24. The lowest BCUT2D eigenvalue weighted by Crippen LogP contribution is -2.30. The molecule has 1 aliphatic heterocycles. The van der Waals surface area contributed by atoms with Gasteiger partial charge in [0.2, 0.25) is 15.9 Å². The highest BCUT2D eigenvalue weighted by Gasteiger charge is 2.27. The number of nitrogens with two attached hydrogens (primary N) is 1. The number of nitrogens with zero attached hydrogens (tertiary/aromatic N) is 1. The van der Waals surface area contributed by atoms with E-state index in [0.717, 1.165) is 12.8 Å². The largest absolute Gasteiger partial charge is 0.481 e. The number of rotatable bonds is 7. The molecule has 0 aliphatic carbocycles. The molecule has 0 unspecified atom stereocenters. The predicted octanol–water partition coefficient (Wildman–Crippen LogP) is 1.98. The molecule has 0 radical (unpaired) electrons. The summed E-state index contributed by atoms with van der Waals surface area (Å²) in [6.45, 7) is 2.66. The maximum atomic E-state index is 12.5. The standard InChI is InChI=1S/C20H23N3O5S/c1-14(28-17-8-4-15(5-9-17)19(21)24)20(25)22-16-6-10-18(11-7-16)29(26,27)23-12-2-3-13-23/h4-11,14H,2-3,12-13H2,1H3,(H2,21,24)(H,22,25)/t14-/m1/s1. The van der Waals surface area contributed by atoms with Crippen molar-refractivity contribution in [2.45, 2.75) is 30.8 Å². The van der Waals surface area contributed by atoms with Crippen molar-refractivity contribution < 1.29 is 22.7 Å². The molecule has 0 spiro atoms. The van der Waals surface area contributed by atoms with E-state index in [-0.39, 0.29) is 10.8 Å². The zero-order valence-electron chi connectivity index (χ0n) is 16.0. The van der Waals surface area contributed by atoms with Gasteiger partial charge >= 0.3 is 0 Å². The minimum atomic E-state index is -3.49. The molecular weight excluding hydrogens is 394 g/mol. The van der Waals surface area contributed by atoms with Crippen LogP contribution in [-0.2, 0) is 14.8 Å². The van der Waals surface area contributed by atoms with Gasteiger partial charge in [-0.2, -0.15) is 4.31 Å². The molecule has 29 heavy (non-hydrogen) atoms. The van der Waals surface area contributed by atoms with Crippen LogP contribution in [0.15, 0.2) is 53.4 Å². The number of ether oxygens (including phenoxy) is 1. The van der Waals surface area contributed by atoms with E-state index in [2.05, 4.69) is 5.32 Å². The second-order valence-corrected chi connectivity index (χ2v) is 8.71. The number of anilines is 1. The van der Waals surface area contributed by atoms with Crippen LogP contribution in [0.1, 0.15) is 30.1 Å². The smallest absolute Gasteiger partial charge is 0.265 e. The molecule has 0 aromatic heterocycles. The number of hydrogen-bond acceptors (Lipinski definition) is 5. The van der Waals surface area contributed by atoms with Gasteiger partial charge in [-0.3, -0.25) is 9.59 Å². The van der Waals surface area contributed by atoms with E-state index in [9.17, 15) is 18.0 Å². The average molecular weight is 417 g/mol. The highest BCUT2D eigenvalue weighted by atomic mass is 32.2. The Morgan fingerprint density at radius 2 is 1.62 bits per heavy atom. The third-order valence-electron chi connectivity index (χ3n) is 4.65. The zero-order valence-corrected chi connectivity index (χ0v) is 16.8. The minimum Gasteiger partial charge on any atom is -0.481 e. The lowest BCUT2D eigenvalue weighted by Gasteiger charge is -2.17. The molecule has 1 saturated heterocycles. The van der Waals surface area contributed by atoms with Crippen LogP contribution in [0.5, 0.6) is 5.75 Å². The molecule has 2 aromatic carbocycles. The van der Waals surface area contributed by atoms with Crippen LogP contribution in [-0.4, -0.2) is 43.7 Å². The molecule has 1 aliphatic rings. The van der Waals surface area contributed by atoms with E-state index in [4.69, 9.17) is 10.5 Å². The number of carbonyl (C=O) groups excluding carboxylic acids is 2. The fourth-order valence-electron chi connectivity index (χ4n) is 2.99. The molecule has 1 fully saturated rings. The van der Waals surface area contributed by atoms with Crippen molar-refractivity contribution in [1.29, 1.82) is 0 Å². The summed E-state index contributed by atoms with van der Waals surface area (Å²) in [5, 5.41) is 2.69. The van der Waals surface area contributed by atoms with Gasteiger partial charge < -0.3 is 15.8 Å². The van der Waals surface area contributed by atoms with E-state index >= 15 is 0 Å². The van der Waals surface area contributed by atoms with Crippen molar-refractivity contribution in [1.82, 2.24) is 4.31 Å². The molecule has 1 atom stereocenters. The van der Waals surface area contributed by atoms with Gasteiger partial charge in [-0.1, -0.05) is 0 Å². The predicted molar refractivity (Wildman–Crippen MR) is 108 cm³/mol.